The number of carbonyl (C=O) groups is 1. The lowest BCUT2D eigenvalue weighted by Crippen LogP contribution is -2.48. The Morgan fingerprint density at radius 2 is 2.04 bits per heavy atom. The van der Waals surface area contributed by atoms with Gasteiger partial charge in [-0.15, -0.1) is 0 Å². The highest BCUT2D eigenvalue weighted by atomic mass is 35.5. The van der Waals surface area contributed by atoms with Gasteiger partial charge in [0, 0.05) is 35.6 Å². The number of hydrogen-bond acceptors (Lipinski definition) is 4. The number of halogens is 1. The lowest BCUT2D eigenvalue weighted by atomic mass is 9.65. The summed E-state index contributed by atoms with van der Waals surface area (Å²) in [4.78, 5) is 16.8. The van der Waals surface area contributed by atoms with Crippen LogP contribution < -0.4 is 15.8 Å². The number of ether oxygens (including phenoxy) is 1. The summed E-state index contributed by atoms with van der Waals surface area (Å²) in [6, 6.07) is 9.44. The van der Waals surface area contributed by atoms with E-state index in [2.05, 4.69) is 10.3 Å². The fourth-order valence-electron chi connectivity index (χ4n) is 4.59. The predicted octanol–water partition coefficient (Wildman–Crippen LogP) is 4.41. The molecule has 0 aliphatic heterocycles. The zero-order valence-corrected chi connectivity index (χ0v) is 16.6. The molecule has 2 saturated carbocycles. The van der Waals surface area contributed by atoms with Gasteiger partial charge < -0.3 is 15.8 Å². The quantitative estimate of drug-likeness (QED) is 0.780. The lowest BCUT2D eigenvalue weighted by Gasteiger charge is -2.43. The van der Waals surface area contributed by atoms with Gasteiger partial charge in [-0.05, 0) is 61.8 Å². The van der Waals surface area contributed by atoms with E-state index in [1.807, 2.05) is 18.2 Å². The highest BCUT2D eigenvalue weighted by Gasteiger charge is 2.40. The summed E-state index contributed by atoms with van der Waals surface area (Å²) in [7, 11) is 0. The van der Waals surface area contributed by atoms with Crippen LogP contribution in [-0.2, 0) is 11.4 Å². The monoisotopic (exact) mass is 399 g/mol. The van der Waals surface area contributed by atoms with Crippen LogP contribution in [0.25, 0.3) is 0 Å². The molecule has 3 N–H and O–H groups in total. The highest BCUT2D eigenvalue weighted by molar-refractivity contribution is 6.32. The van der Waals surface area contributed by atoms with Gasteiger partial charge in [0.15, 0.2) is 0 Å². The fourth-order valence-corrected chi connectivity index (χ4v) is 4.82. The van der Waals surface area contributed by atoms with Gasteiger partial charge in [-0.25, -0.2) is 0 Å². The van der Waals surface area contributed by atoms with E-state index in [0.717, 1.165) is 31.2 Å². The molecule has 1 aromatic heterocycles. The summed E-state index contributed by atoms with van der Waals surface area (Å²) in [5.74, 6) is 1.66. The molecular formula is C22H26ClN3O2. The van der Waals surface area contributed by atoms with Crippen LogP contribution in [0.1, 0.15) is 37.7 Å². The molecule has 1 aromatic carbocycles. The van der Waals surface area contributed by atoms with Gasteiger partial charge >= 0.3 is 0 Å². The van der Waals surface area contributed by atoms with Crippen molar-refractivity contribution in [2.45, 2.75) is 44.8 Å². The summed E-state index contributed by atoms with van der Waals surface area (Å²) in [6.07, 6.45) is 8.81. The first-order valence-electron chi connectivity index (χ1n) is 9.98. The van der Waals surface area contributed by atoms with E-state index in [9.17, 15) is 4.79 Å². The van der Waals surface area contributed by atoms with Crippen molar-refractivity contribution >= 4 is 23.2 Å². The van der Waals surface area contributed by atoms with E-state index in [0.29, 0.717) is 34.9 Å². The molecular weight excluding hydrogens is 374 g/mol. The molecule has 6 heteroatoms. The SMILES string of the molecule is NC1C2CCCC1CC(C(=O)Nc1ccc(OCc3cccnc3)c(Cl)c1)C2. The van der Waals surface area contributed by atoms with Crippen molar-refractivity contribution in [2.75, 3.05) is 5.32 Å². The molecule has 2 atom stereocenters. The Hall–Kier alpha value is -2.11. The van der Waals surface area contributed by atoms with E-state index < -0.39 is 0 Å². The second kappa shape index (κ2) is 8.50. The van der Waals surface area contributed by atoms with Crippen LogP contribution in [0, 0.1) is 17.8 Å². The van der Waals surface area contributed by atoms with Crippen LogP contribution in [-0.4, -0.2) is 16.9 Å². The summed E-state index contributed by atoms with van der Waals surface area (Å²) in [6.45, 7) is 0.393. The molecule has 28 heavy (non-hydrogen) atoms. The number of benzene rings is 1. The number of nitrogens with one attached hydrogen (secondary N) is 1. The number of amides is 1. The summed E-state index contributed by atoms with van der Waals surface area (Å²) in [5, 5.41) is 3.50. The molecule has 148 valence electrons. The summed E-state index contributed by atoms with van der Waals surface area (Å²) < 4.78 is 5.76. The van der Waals surface area contributed by atoms with Gasteiger partial charge in [0.05, 0.1) is 5.02 Å². The van der Waals surface area contributed by atoms with E-state index in [1.165, 1.54) is 6.42 Å². The molecule has 0 radical (unpaired) electrons. The number of anilines is 1. The number of aromatic nitrogens is 1. The topological polar surface area (TPSA) is 77.2 Å². The van der Waals surface area contributed by atoms with Crippen LogP contribution in [0.15, 0.2) is 42.7 Å². The number of carbonyl (C=O) groups excluding carboxylic acids is 1. The molecule has 2 bridgehead atoms. The Kier molecular flexibility index (Phi) is 5.83. The first kappa shape index (κ1) is 19.2. The maximum Gasteiger partial charge on any atom is 0.227 e. The van der Waals surface area contributed by atoms with Gasteiger partial charge in [0.2, 0.25) is 5.91 Å². The molecule has 5 nitrogen and oxygen atoms in total. The number of rotatable bonds is 5. The number of fused-ring (bicyclic) bond motifs is 2. The zero-order chi connectivity index (χ0) is 19.5. The smallest absolute Gasteiger partial charge is 0.227 e. The van der Waals surface area contributed by atoms with Crippen molar-refractivity contribution in [2.24, 2.45) is 23.5 Å². The largest absolute Gasteiger partial charge is 0.487 e. The molecule has 0 saturated heterocycles. The maximum absolute atomic E-state index is 12.8. The number of hydrogen-bond donors (Lipinski definition) is 2. The van der Waals surface area contributed by atoms with Crippen LogP contribution in [0.3, 0.4) is 0 Å². The average molecular weight is 400 g/mol. The molecule has 1 amide bonds. The highest BCUT2D eigenvalue weighted by Crippen LogP contribution is 2.42. The second-order valence-electron chi connectivity index (χ2n) is 7.98. The van der Waals surface area contributed by atoms with Gasteiger partial charge in [-0.3, -0.25) is 9.78 Å². The van der Waals surface area contributed by atoms with Gasteiger partial charge in [0.1, 0.15) is 12.4 Å². The van der Waals surface area contributed by atoms with Crippen molar-refractivity contribution in [3.63, 3.8) is 0 Å². The minimum Gasteiger partial charge on any atom is -0.487 e. The molecule has 4 rings (SSSR count). The first-order valence-corrected chi connectivity index (χ1v) is 10.4. The third kappa shape index (κ3) is 4.31. The van der Waals surface area contributed by atoms with E-state index in [-0.39, 0.29) is 17.9 Å². The Morgan fingerprint density at radius 1 is 1.25 bits per heavy atom. The van der Waals surface area contributed by atoms with Crippen molar-refractivity contribution in [3.05, 3.63) is 53.3 Å². The Labute approximate surface area is 170 Å². The molecule has 2 unspecified atom stereocenters. The number of nitrogens with two attached hydrogens (primary N) is 1. The fraction of sp³-hybridized carbons (Fsp3) is 0.455. The van der Waals surface area contributed by atoms with E-state index in [1.54, 1.807) is 24.5 Å². The number of pyridine rings is 1. The third-order valence-corrected chi connectivity index (χ3v) is 6.40. The minimum atomic E-state index is 0.0374. The standard InChI is InChI=1S/C22H26ClN3O2/c23-19-11-18(6-7-20(19)28-13-14-3-2-8-25-12-14)26-22(27)17-9-15-4-1-5-16(10-17)21(15)24/h2-3,6-8,11-12,15-17,21H,1,4-5,9-10,13,24H2,(H,26,27). The average Bonchev–Trinajstić information content (AvgIpc) is 2.68. The van der Waals surface area contributed by atoms with E-state index >= 15 is 0 Å². The summed E-state index contributed by atoms with van der Waals surface area (Å²) >= 11 is 6.35. The zero-order valence-electron chi connectivity index (χ0n) is 15.8. The third-order valence-electron chi connectivity index (χ3n) is 6.10. The lowest BCUT2D eigenvalue weighted by molar-refractivity contribution is -0.122. The first-order chi connectivity index (χ1) is 13.6. The predicted molar refractivity (Wildman–Crippen MR) is 110 cm³/mol. The Bertz CT molecular complexity index is 816. The van der Waals surface area contributed by atoms with Crippen LogP contribution in [0.4, 0.5) is 5.69 Å². The molecule has 2 aromatic rings. The van der Waals surface area contributed by atoms with Crippen LogP contribution >= 0.6 is 11.6 Å². The summed E-state index contributed by atoms with van der Waals surface area (Å²) in [5.41, 5.74) is 8.01. The molecule has 1 heterocycles. The second-order valence-corrected chi connectivity index (χ2v) is 8.39. The van der Waals surface area contributed by atoms with E-state index in [4.69, 9.17) is 22.1 Å². The Balaban J connectivity index is 1.36. The van der Waals surface area contributed by atoms with Crippen LogP contribution in [0.5, 0.6) is 5.75 Å². The molecule has 2 fully saturated rings. The van der Waals surface area contributed by atoms with Crippen molar-refractivity contribution in [1.82, 2.24) is 4.98 Å². The molecule has 0 spiro atoms. The Morgan fingerprint density at radius 3 is 2.71 bits per heavy atom. The number of nitrogens with zero attached hydrogens (tertiary/aromatic N) is 1. The molecule has 2 aliphatic rings. The van der Waals surface area contributed by atoms with Crippen molar-refractivity contribution < 1.29 is 9.53 Å². The van der Waals surface area contributed by atoms with Gasteiger partial charge in [-0.1, -0.05) is 24.1 Å². The minimum absolute atomic E-state index is 0.0374. The van der Waals surface area contributed by atoms with Gasteiger partial charge in [-0.2, -0.15) is 0 Å². The normalized spacial score (nSPS) is 26.5. The maximum atomic E-state index is 12.8. The molecule has 2 aliphatic carbocycles. The van der Waals surface area contributed by atoms with Crippen molar-refractivity contribution in [1.29, 1.82) is 0 Å². The van der Waals surface area contributed by atoms with Crippen molar-refractivity contribution in [3.8, 4) is 5.75 Å². The van der Waals surface area contributed by atoms with Crippen LogP contribution in [0.2, 0.25) is 5.02 Å². The van der Waals surface area contributed by atoms with Gasteiger partial charge in [0.25, 0.3) is 0 Å².